The zero-order chi connectivity index (χ0) is 26.3. The molecule has 4 rings (SSSR count). The van der Waals surface area contributed by atoms with Gasteiger partial charge in [-0.3, -0.25) is 9.10 Å². The third-order valence-corrected chi connectivity index (χ3v) is 8.29. The van der Waals surface area contributed by atoms with Gasteiger partial charge in [0.05, 0.1) is 17.2 Å². The molecule has 0 aliphatic carbocycles. The summed E-state index contributed by atoms with van der Waals surface area (Å²) >= 11 is 0. The van der Waals surface area contributed by atoms with Crippen LogP contribution in [0.3, 0.4) is 0 Å². The van der Waals surface area contributed by atoms with Crippen LogP contribution in [0.15, 0.2) is 83.8 Å². The van der Waals surface area contributed by atoms with E-state index in [1.807, 2.05) is 19.1 Å². The Morgan fingerprint density at radius 3 is 2.38 bits per heavy atom. The molecule has 0 spiro atoms. The number of piperidine rings is 1. The average molecular weight is 522 g/mol. The number of hydrogen-bond acceptors (Lipinski definition) is 5. The number of hydrogen-bond donors (Lipinski definition) is 1. The van der Waals surface area contributed by atoms with Crippen LogP contribution in [0.2, 0.25) is 0 Å². The minimum absolute atomic E-state index is 0.124. The van der Waals surface area contributed by atoms with Gasteiger partial charge in [0, 0.05) is 25.3 Å². The normalized spacial score (nSPS) is 15.7. The highest BCUT2D eigenvalue weighted by Crippen LogP contribution is 2.26. The predicted molar refractivity (Wildman–Crippen MR) is 147 cm³/mol. The maximum atomic E-state index is 13.5. The monoisotopic (exact) mass is 521 g/mol. The summed E-state index contributed by atoms with van der Waals surface area (Å²) < 4.78 is 33.6. The SMILES string of the molecule is CCOc1ccc(N(CC(=O)NCc2ccc(N3CCCC(C)C3)cc2)S(=O)(=O)c2ccccc2)cc1. The van der Waals surface area contributed by atoms with Gasteiger partial charge in [-0.15, -0.1) is 0 Å². The van der Waals surface area contributed by atoms with Gasteiger partial charge < -0.3 is 15.0 Å². The van der Waals surface area contributed by atoms with Crippen molar-refractivity contribution < 1.29 is 17.9 Å². The van der Waals surface area contributed by atoms with Crippen molar-refractivity contribution in [2.24, 2.45) is 5.92 Å². The molecule has 0 aromatic heterocycles. The lowest BCUT2D eigenvalue weighted by Gasteiger charge is -2.32. The summed E-state index contributed by atoms with van der Waals surface area (Å²) in [5.74, 6) is 0.941. The van der Waals surface area contributed by atoms with E-state index in [-0.39, 0.29) is 17.3 Å². The molecule has 37 heavy (non-hydrogen) atoms. The highest BCUT2D eigenvalue weighted by atomic mass is 32.2. The van der Waals surface area contributed by atoms with Crippen LogP contribution in [-0.4, -0.2) is 40.6 Å². The quantitative estimate of drug-likeness (QED) is 0.413. The number of benzene rings is 3. The van der Waals surface area contributed by atoms with Gasteiger partial charge in [0.2, 0.25) is 5.91 Å². The standard InChI is InChI=1S/C29H35N3O4S/c1-3-36-27-17-15-26(16-18-27)32(37(34,35)28-9-5-4-6-10-28)22-29(33)30-20-24-11-13-25(14-12-24)31-19-7-8-23(2)21-31/h4-6,9-18,23H,3,7-8,19-22H2,1-2H3,(H,30,33). The van der Waals surface area contributed by atoms with Crippen molar-refractivity contribution in [2.45, 2.75) is 38.1 Å². The summed E-state index contributed by atoms with van der Waals surface area (Å²) in [5, 5.41) is 2.88. The Kier molecular flexibility index (Phi) is 8.71. The molecular weight excluding hydrogens is 486 g/mol. The zero-order valence-corrected chi connectivity index (χ0v) is 22.3. The average Bonchev–Trinajstić information content (AvgIpc) is 2.92. The number of anilines is 2. The van der Waals surface area contributed by atoms with E-state index < -0.39 is 10.0 Å². The minimum Gasteiger partial charge on any atom is -0.494 e. The van der Waals surface area contributed by atoms with Gasteiger partial charge in [-0.05, 0) is 79.8 Å². The molecule has 3 aromatic carbocycles. The highest BCUT2D eigenvalue weighted by molar-refractivity contribution is 7.92. The maximum absolute atomic E-state index is 13.5. The number of carbonyl (C=O) groups is 1. The van der Waals surface area contributed by atoms with Crippen molar-refractivity contribution in [3.63, 3.8) is 0 Å². The fourth-order valence-corrected chi connectivity index (χ4v) is 5.99. The number of rotatable bonds is 10. The van der Waals surface area contributed by atoms with E-state index in [0.29, 0.717) is 30.5 Å². The first-order valence-electron chi connectivity index (χ1n) is 12.8. The van der Waals surface area contributed by atoms with Crippen LogP contribution in [0.5, 0.6) is 5.75 Å². The first-order chi connectivity index (χ1) is 17.9. The number of ether oxygens (including phenoxy) is 1. The van der Waals surface area contributed by atoms with Gasteiger partial charge in [0.15, 0.2) is 0 Å². The van der Waals surface area contributed by atoms with Gasteiger partial charge >= 0.3 is 0 Å². The Bertz CT molecular complexity index is 1260. The van der Waals surface area contributed by atoms with Crippen molar-refractivity contribution >= 4 is 27.3 Å². The number of sulfonamides is 1. The topological polar surface area (TPSA) is 79.0 Å². The van der Waals surface area contributed by atoms with Crippen molar-refractivity contribution in [2.75, 3.05) is 35.4 Å². The first kappa shape index (κ1) is 26.5. The third kappa shape index (κ3) is 6.83. The second-order valence-corrected chi connectivity index (χ2v) is 11.3. The Labute approximate surface area is 220 Å². The first-order valence-corrected chi connectivity index (χ1v) is 14.2. The van der Waals surface area contributed by atoms with Gasteiger partial charge in [-0.25, -0.2) is 8.42 Å². The lowest BCUT2D eigenvalue weighted by Crippen LogP contribution is -2.40. The van der Waals surface area contributed by atoms with E-state index >= 15 is 0 Å². The molecule has 3 aromatic rings. The Morgan fingerprint density at radius 2 is 1.73 bits per heavy atom. The molecule has 7 nitrogen and oxygen atoms in total. The van der Waals surface area contributed by atoms with E-state index in [0.717, 1.165) is 23.0 Å². The van der Waals surface area contributed by atoms with Gasteiger partial charge in [-0.1, -0.05) is 37.3 Å². The summed E-state index contributed by atoms with van der Waals surface area (Å²) in [6.07, 6.45) is 2.48. The van der Waals surface area contributed by atoms with Crippen LogP contribution >= 0.6 is 0 Å². The fourth-order valence-electron chi connectivity index (χ4n) is 4.55. The second-order valence-electron chi connectivity index (χ2n) is 9.39. The van der Waals surface area contributed by atoms with Gasteiger partial charge in [-0.2, -0.15) is 0 Å². The molecule has 196 valence electrons. The van der Waals surface area contributed by atoms with Crippen molar-refractivity contribution in [3.8, 4) is 5.75 Å². The number of amides is 1. The third-order valence-electron chi connectivity index (χ3n) is 6.50. The zero-order valence-electron chi connectivity index (χ0n) is 21.5. The van der Waals surface area contributed by atoms with Gasteiger partial charge in [0.25, 0.3) is 10.0 Å². The lowest BCUT2D eigenvalue weighted by atomic mass is 9.99. The van der Waals surface area contributed by atoms with E-state index in [9.17, 15) is 13.2 Å². The van der Waals surface area contributed by atoms with Crippen LogP contribution in [0.1, 0.15) is 32.3 Å². The smallest absolute Gasteiger partial charge is 0.264 e. The van der Waals surface area contributed by atoms with Crippen molar-refractivity contribution in [1.29, 1.82) is 0 Å². The predicted octanol–water partition coefficient (Wildman–Crippen LogP) is 4.83. The van der Waals surface area contributed by atoms with Crippen LogP contribution in [-0.2, 0) is 21.4 Å². The van der Waals surface area contributed by atoms with Crippen LogP contribution in [0.25, 0.3) is 0 Å². The van der Waals surface area contributed by atoms with Crippen molar-refractivity contribution in [1.82, 2.24) is 5.32 Å². The lowest BCUT2D eigenvalue weighted by molar-refractivity contribution is -0.119. The molecular formula is C29H35N3O4S. The molecule has 8 heteroatoms. The molecule has 1 N–H and O–H groups in total. The van der Waals surface area contributed by atoms with Crippen molar-refractivity contribution in [3.05, 3.63) is 84.4 Å². The molecule has 1 fully saturated rings. The van der Waals surface area contributed by atoms with E-state index in [2.05, 4.69) is 29.3 Å². The molecule has 1 aliphatic heterocycles. The Hall–Kier alpha value is -3.52. The fraction of sp³-hybridized carbons (Fsp3) is 0.345. The molecule has 1 unspecified atom stereocenters. The van der Waals surface area contributed by atoms with E-state index in [4.69, 9.17) is 4.74 Å². The van der Waals surface area contributed by atoms with E-state index in [1.165, 1.54) is 30.7 Å². The number of carbonyl (C=O) groups excluding carboxylic acids is 1. The number of nitrogens with zero attached hydrogens (tertiary/aromatic N) is 2. The van der Waals surface area contributed by atoms with Crippen LogP contribution in [0, 0.1) is 5.92 Å². The molecule has 1 saturated heterocycles. The summed E-state index contributed by atoms with van der Waals surface area (Å²) in [4.78, 5) is 15.5. The number of nitrogens with one attached hydrogen (secondary N) is 1. The summed E-state index contributed by atoms with van der Waals surface area (Å²) in [5.41, 5.74) is 2.54. The summed E-state index contributed by atoms with van der Waals surface area (Å²) in [6, 6.07) is 23.1. The Morgan fingerprint density at radius 1 is 1.03 bits per heavy atom. The molecule has 1 atom stereocenters. The van der Waals surface area contributed by atoms with Gasteiger partial charge in [0.1, 0.15) is 12.3 Å². The summed E-state index contributed by atoms with van der Waals surface area (Å²) in [7, 11) is -3.95. The molecule has 1 aliphatic rings. The molecule has 1 amide bonds. The Balaban J connectivity index is 1.45. The maximum Gasteiger partial charge on any atom is 0.264 e. The largest absolute Gasteiger partial charge is 0.494 e. The summed E-state index contributed by atoms with van der Waals surface area (Å²) in [6.45, 7) is 6.78. The molecule has 0 bridgehead atoms. The second kappa shape index (κ2) is 12.1. The molecule has 0 radical (unpaired) electrons. The van der Waals surface area contributed by atoms with Crippen LogP contribution in [0.4, 0.5) is 11.4 Å². The minimum atomic E-state index is -3.95. The highest BCUT2D eigenvalue weighted by Gasteiger charge is 2.27. The van der Waals surface area contributed by atoms with E-state index in [1.54, 1.807) is 42.5 Å². The molecule has 0 saturated carbocycles. The van der Waals surface area contributed by atoms with Crippen LogP contribution < -0.4 is 19.3 Å². The molecule has 1 heterocycles.